The van der Waals surface area contributed by atoms with Crippen molar-refractivity contribution in [2.75, 3.05) is 5.01 Å². The van der Waals surface area contributed by atoms with Crippen molar-refractivity contribution in [3.8, 4) is 0 Å². The first kappa shape index (κ1) is 10.1. The van der Waals surface area contributed by atoms with Gasteiger partial charge in [-0.05, 0) is 36.5 Å². The van der Waals surface area contributed by atoms with E-state index in [-0.39, 0.29) is 0 Å². The molecule has 0 bridgehead atoms. The van der Waals surface area contributed by atoms with Gasteiger partial charge in [0.05, 0.1) is 0 Å². The molecule has 0 saturated carbocycles. The van der Waals surface area contributed by atoms with Gasteiger partial charge in [-0.3, -0.25) is 9.69 Å². The average molecular weight is 202 g/mol. The minimum Gasteiger partial charge on any atom is -0.265 e. The molecule has 0 spiro atoms. The third kappa shape index (κ3) is 2.52. The normalized spacial score (nSPS) is 15.9. The zero-order chi connectivity index (χ0) is 10.7. The van der Waals surface area contributed by atoms with Gasteiger partial charge in [0.15, 0.2) is 0 Å². The Bertz CT molecular complexity index is 358. The summed E-state index contributed by atoms with van der Waals surface area (Å²) in [5.41, 5.74) is 1.50. The van der Waals surface area contributed by atoms with Crippen LogP contribution in [0.3, 0.4) is 0 Å². The third-order valence-electron chi connectivity index (χ3n) is 2.48. The molecule has 1 aliphatic rings. The molecule has 1 aromatic rings. The molecule has 0 atom stereocenters. The highest BCUT2D eigenvalue weighted by Gasteiger charge is 2.07. The van der Waals surface area contributed by atoms with Crippen LogP contribution in [0.25, 0.3) is 0 Å². The van der Waals surface area contributed by atoms with Crippen LogP contribution < -0.4 is 5.01 Å². The van der Waals surface area contributed by atoms with E-state index < -0.39 is 0 Å². The topological polar surface area (TPSA) is 8.17 Å². The van der Waals surface area contributed by atoms with Crippen LogP contribution in [0.5, 0.6) is 0 Å². The summed E-state index contributed by atoms with van der Waals surface area (Å²) in [6.07, 6.45) is 13.0. The summed E-state index contributed by atoms with van der Waals surface area (Å²) >= 11 is 0. The maximum Gasteiger partial charge on any atom is 0.0268 e. The van der Waals surface area contributed by atoms with Crippen molar-refractivity contribution in [1.82, 2.24) is 4.68 Å². The standard InChI is InChI=1S/C13H18N2/c1-12(2)10-13-6-5-9-15(11-13)14-7-3-4-8-14/h3-5,7-9,11-12H,6,10H2,1-2H3. The molecule has 15 heavy (non-hydrogen) atoms. The monoisotopic (exact) mass is 202 g/mol. The first-order chi connectivity index (χ1) is 7.25. The van der Waals surface area contributed by atoms with Crippen molar-refractivity contribution < 1.29 is 0 Å². The van der Waals surface area contributed by atoms with Crippen LogP contribution in [0.15, 0.2) is 48.6 Å². The van der Waals surface area contributed by atoms with Gasteiger partial charge in [-0.25, -0.2) is 0 Å². The van der Waals surface area contributed by atoms with Crippen LogP contribution in [0.4, 0.5) is 0 Å². The van der Waals surface area contributed by atoms with Crippen LogP contribution in [0.1, 0.15) is 26.7 Å². The number of hydrogen-bond donors (Lipinski definition) is 0. The maximum atomic E-state index is 2.26. The smallest absolute Gasteiger partial charge is 0.0268 e. The quantitative estimate of drug-likeness (QED) is 0.730. The number of nitrogens with zero attached hydrogens (tertiary/aromatic N) is 2. The number of rotatable bonds is 3. The Hall–Kier alpha value is -1.44. The molecule has 2 heteroatoms. The Morgan fingerprint density at radius 3 is 2.67 bits per heavy atom. The third-order valence-corrected chi connectivity index (χ3v) is 2.48. The Kier molecular flexibility index (Phi) is 2.95. The number of hydrogen-bond acceptors (Lipinski definition) is 1. The molecule has 0 N–H and O–H groups in total. The molecule has 0 amide bonds. The Labute approximate surface area is 91.5 Å². The Balaban J connectivity index is 2.11. The highest BCUT2D eigenvalue weighted by molar-refractivity contribution is 5.25. The fourth-order valence-corrected chi connectivity index (χ4v) is 1.88. The number of allylic oxidation sites excluding steroid dienone is 2. The molecule has 80 valence electrons. The van der Waals surface area contributed by atoms with Gasteiger partial charge in [0, 0.05) is 24.8 Å². The lowest BCUT2D eigenvalue weighted by atomic mass is 10.0. The SMILES string of the molecule is CC(C)CC1=CN(n2cccc2)C=CC1. The predicted octanol–water partition coefficient (Wildman–Crippen LogP) is 3.27. The fraction of sp³-hybridized carbons (Fsp3) is 0.385. The molecule has 2 nitrogen and oxygen atoms in total. The summed E-state index contributed by atoms with van der Waals surface area (Å²) in [5.74, 6) is 0.731. The van der Waals surface area contributed by atoms with Crippen LogP contribution >= 0.6 is 0 Å². The second-order valence-electron chi connectivity index (χ2n) is 4.42. The summed E-state index contributed by atoms with van der Waals surface area (Å²) in [4.78, 5) is 0. The van der Waals surface area contributed by atoms with E-state index in [9.17, 15) is 0 Å². The lowest BCUT2D eigenvalue weighted by Gasteiger charge is -2.23. The van der Waals surface area contributed by atoms with E-state index in [2.05, 4.69) is 54.4 Å². The highest BCUT2D eigenvalue weighted by Crippen LogP contribution is 2.19. The Morgan fingerprint density at radius 2 is 2.00 bits per heavy atom. The molecule has 0 radical (unpaired) electrons. The summed E-state index contributed by atoms with van der Waals surface area (Å²) in [5, 5.41) is 2.13. The van der Waals surface area contributed by atoms with Crippen molar-refractivity contribution in [2.24, 2.45) is 5.92 Å². The van der Waals surface area contributed by atoms with E-state index in [1.54, 1.807) is 0 Å². The molecule has 1 aliphatic heterocycles. The van der Waals surface area contributed by atoms with Gasteiger partial charge in [-0.15, -0.1) is 0 Å². The van der Waals surface area contributed by atoms with E-state index in [0.29, 0.717) is 0 Å². The van der Waals surface area contributed by atoms with Crippen molar-refractivity contribution >= 4 is 0 Å². The minimum atomic E-state index is 0.731. The minimum absolute atomic E-state index is 0.731. The van der Waals surface area contributed by atoms with E-state index in [0.717, 1.165) is 12.3 Å². The van der Waals surface area contributed by atoms with Gasteiger partial charge in [0.2, 0.25) is 0 Å². The maximum absolute atomic E-state index is 2.26. The summed E-state index contributed by atoms with van der Waals surface area (Å²) in [6.45, 7) is 4.53. The van der Waals surface area contributed by atoms with Crippen LogP contribution in [0, 0.1) is 5.92 Å². The van der Waals surface area contributed by atoms with Gasteiger partial charge >= 0.3 is 0 Å². The molecule has 0 saturated heterocycles. The van der Waals surface area contributed by atoms with E-state index in [1.165, 1.54) is 12.0 Å². The summed E-state index contributed by atoms with van der Waals surface area (Å²) in [7, 11) is 0. The van der Waals surface area contributed by atoms with Crippen LogP contribution in [0.2, 0.25) is 0 Å². The van der Waals surface area contributed by atoms with Crippen molar-refractivity contribution in [3.05, 3.63) is 48.6 Å². The molecule has 0 unspecified atom stereocenters. The lowest BCUT2D eigenvalue weighted by molar-refractivity contribution is 0.626. The molecule has 2 heterocycles. The van der Waals surface area contributed by atoms with Crippen LogP contribution in [-0.4, -0.2) is 4.68 Å². The first-order valence-corrected chi connectivity index (χ1v) is 5.53. The molecule has 0 aliphatic carbocycles. The molecule has 0 aromatic carbocycles. The van der Waals surface area contributed by atoms with E-state index in [4.69, 9.17) is 0 Å². The highest BCUT2D eigenvalue weighted by atomic mass is 15.5. The van der Waals surface area contributed by atoms with Crippen molar-refractivity contribution in [2.45, 2.75) is 26.7 Å². The summed E-state index contributed by atoms with van der Waals surface area (Å²) in [6, 6.07) is 4.08. The molecule has 2 rings (SSSR count). The van der Waals surface area contributed by atoms with E-state index >= 15 is 0 Å². The fourth-order valence-electron chi connectivity index (χ4n) is 1.88. The van der Waals surface area contributed by atoms with Gasteiger partial charge in [0.1, 0.15) is 0 Å². The molecular weight excluding hydrogens is 184 g/mol. The molecule has 1 aromatic heterocycles. The average Bonchev–Trinajstić information content (AvgIpc) is 2.69. The first-order valence-electron chi connectivity index (χ1n) is 5.53. The molecule has 0 fully saturated rings. The Morgan fingerprint density at radius 1 is 1.27 bits per heavy atom. The van der Waals surface area contributed by atoms with Gasteiger partial charge in [-0.2, -0.15) is 0 Å². The van der Waals surface area contributed by atoms with E-state index in [1.807, 2.05) is 12.1 Å². The second kappa shape index (κ2) is 4.39. The zero-order valence-corrected chi connectivity index (χ0v) is 9.43. The number of aromatic nitrogens is 1. The second-order valence-corrected chi connectivity index (χ2v) is 4.42. The predicted molar refractivity (Wildman–Crippen MR) is 63.9 cm³/mol. The lowest BCUT2D eigenvalue weighted by Crippen LogP contribution is -2.23. The van der Waals surface area contributed by atoms with Gasteiger partial charge in [-0.1, -0.05) is 19.9 Å². The van der Waals surface area contributed by atoms with Crippen molar-refractivity contribution in [3.63, 3.8) is 0 Å². The largest absolute Gasteiger partial charge is 0.265 e. The van der Waals surface area contributed by atoms with Crippen LogP contribution in [-0.2, 0) is 0 Å². The van der Waals surface area contributed by atoms with Gasteiger partial charge < -0.3 is 0 Å². The van der Waals surface area contributed by atoms with Crippen molar-refractivity contribution in [1.29, 1.82) is 0 Å². The van der Waals surface area contributed by atoms with Gasteiger partial charge in [0.25, 0.3) is 0 Å². The zero-order valence-electron chi connectivity index (χ0n) is 9.43. The summed E-state index contributed by atoms with van der Waals surface area (Å²) < 4.78 is 2.08. The molecular formula is C13H18N2.